The summed E-state index contributed by atoms with van der Waals surface area (Å²) in [6.07, 6.45) is 2.98. The minimum absolute atomic E-state index is 0.0388. The molecule has 1 unspecified atom stereocenters. The van der Waals surface area contributed by atoms with Gasteiger partial charge in [0.1, 0.15) is 11.9 Å². The van der Waals surface area contributed by atoms with E-state index in [-0.39, 0.29) is 23.7 Å². The van der Waals surface area contributed by atoms with Crippen LogP contribution in [0.15, 0.2) is 72.8 Å². The number of rotatable bonds is 10. The number of ether oxygens (including phenoxy) is 1. The van der Waals surface area contributed by atoms with Crippen molar-refractivity contribution in [3.8, 4) is 5.75 Å². The van der Waals surface area contributed by atoms with Crippen LogP contribution < -0.4 is 10.1 Å². The molecule has 1 amide bonds. The Morgan fingerprint density at radius 3 is 2.39 bits per heavy atom. The highest BCUT2D eigenvalue weighted by Gasteiger charge is 2.23. The molecule has 1 atom stereocenters. The maximum absolute atomic E-state index is 12.2. The highest BCUT2D eigenvalue weighted by Crippen LogP contribution is 2.32. The molecule has 4 rings (SSSR count). The first-order valence-electron chi connectivity index (χ1n) is 13.8. The van der Waals surface area contributed by atoms with E-state index in [9.17, 15) is 9.59 Å². The summed E-state index contributed by atoms with van der Waals surface area (Å²) in [5, 5.41) is 3.09. The third-order valence-electron chi connectivity index (χ3n) is 7.50. The molecule has 0 bridgehead atoms. The van der Waals surface area contributed by atoms with E-state index in [1.165, 1.54) is 5.56 Å². The van der Waals surface area contributed by atoms with Crippen molar-refractivity contribution < 1.29 is 14.3 Å². The number of hydrogen-bond donors (Lipinski definition) is 1. The summed E-state index contributed by atoms with van der Waals surface area (Å²) in [7, 11) is 0. The number of aryl methyl sites for hydroxylation is 1. The summed E-state index contributed by atoms with van der Waals surface area (Å²) in [5.41, 5.74) is 5.15. The summed E-state index contributed by atoms with van der Waals surface area (Å²) in [4.78, 5) is 26.6. The van der Waals surface area contributed by atoms with E-state index in [2.05, 4.69) is 40.5 Å². The lowest BCUT2D eigenvalue weighted by molar-refractivity contribution is -0.118. The van der Waals surface area contributed by atoms with E-state index in [0.717, 1.165) is 61.5 Å². The first-order valence-corrected chi connectivity index (χ1v) is 13.8. The maximum Gasteiger partial charge on any atom is 0.226 e. The summed E-state index contributed by atoms with van der Waals surface area (Å²) in [5.74, 6) is 1.28. The molecule has 1 heterocycles. The van der Waals surface area contributed by atoms with Gasteiger partial charge in [0.25, 0.3) is 0 Å². The van der Waals surface area contributed by atoms with Gasteiger partial charge in [-0.25, -0.2) is 0 Å². The maximum atomic E-state index is 12.2. The summed E-state index contributed by atoms with van der Waals surface area (Å²) in [6, 6.07) is 24.3. The minimum atomic E-state index is -0.0830. The van der Waals surface area contributed by atoms with Gasteiger partial charge in [0.05, 0.1) is 0 Å². The number of carbonyl (C=O) groups is 2. The molecule has 5 heteroatoms. The van der Waals surface area contributed by atoms with E-state index in [4.69, 9.17) is 4.74 Å². The van der Waals surface area contributed by atoms with Crippen LogP contribution in [0.2, 0.25) is 0 Å². The van der Waals surface area contributed by atoms with E-state index in [0.29, 0.717) is 11.5 Å². The van der Waals surface area contributed by atoms with Crippen LogP contribution in [0.5, 0.6) is 5.75 Å². The van der Waals surface area contributed by atoms with Gasteiger partial charge in [0.15, 0.2) is 5.78 Å². The Morgan fingerprint density at radius 1 is 0.974 bits per heavy atom. The lowest BCUT2D eigenvalue weighted by Gasteiger charge is -2.33. The average Bonchev–Trinajstić information content (AvgIpc) is 2.93. The third-order valence-corrected chi connectivity index (χ3v) is 7.50. The number of likely N-dealkylation sites (tertiary alicyclic amines) is 1. The third kappa shape index (κ3) is 7.32. The minimum Gasteiger partial charge on any atom is -0.486 e. The van der Waals surface area contributed by atoms with Crippen LogP contribution in [0, 0.1) is 12.8 Å². The van der Waals surface area contributed by atoms with Crippen molar-refractivity contribution in [1.29, 1.82) is 0 Å². The van der Waals surface area contributed by atoms with Gasteiger partial charge in [-0.05, 0) is 80.6 Å². The first kappa shape index (κ1) is 27.6. The Bertz CT molecular complexity index is 1230. The highest BCUT2D eigenvalue weighted by molar-refractivity contribution is 5.94. The number of benzene rings is 3. The van der Waals surface area contributed by atoms with Crippen LogP contribution >= 0.6 is 0 Å². The Balaban J connectivity index is 1.37. The van der Waals surface area contributed by atoms with Gasteiger partial charge >= 0.3 is 0 Å². The van der Waals surface area contributed by atoms with E-state index >= 15 is 0 Å². The van der Waals surface area contributed by atoms with Gasteiger partial charge in [-0.2, -0.15) is 0 Å². The molecule has 1 aliphatic heterocycles. The number of hydrogen-bond acceptors (Lipinski definition) is 4. The zero-order valence-electron chi connectivity index (χ0n) is 23.1. The van der Waals surface area contributed by atoms with E-state index in [1.807, 2.05) is 63.2 Å². The molecule has 0 aromatic heterocycles. The van der Waals surface area contributed by atoms with Crippen molar-refractivity contribution in [3.05, 3.63) is 95.1 Å². The smallest absolute Gasteiger partial charge is 0.226 e. The molecule has 38 heavy (non-hydrogen) atoms. The molecule has 0 spiro atoms. The largest absolute Gasteiger partial charge is 0.486 e. The van der Waals surface area contributed by atoms with Crippen molar-refractivity contribution >= 4 is 17.4 Å². The molecule has 1 aliphatic rings. The average molecular weight is 513 g/mol. The second-order valence-electron chi connectivity index (χ2n) is 10.7. The van der Waals surface area contributed by atoms with Crippen molar-refractivity contribution in [2.24, 2.45) is 5.92 Å². The van der Waals surface area contributed by atoms with Crippen molar-refractivity contribution in [3.63, 3.8) is 0 Å². The molecule has 5 nitrogen and oxygen atoms in total. The Hall–Kier alpha value is -3.44. The Labute approximate surface area is 227 Å². The second-order valence-corrected chi connectivity index (χ2v) is 10.7. The fraction of sp³-hybridized carbons (Fsp3) is 0.394. The van der Waals surface area contributed by atoms with Gasteiger partial charge in [0.2, 0.25) is 5.91 Å². The second kappa shape index (κ2) is 12.9. The topological polar surface area (TPSA) is 58.6 Å². The van der Waals surface area contributed by atoms with Gasteiger partial charge in [-0.15, -0.1) is 0 Å². The highest BCUT2D eigenvalue weighted by atomic mass is 16.5. The molecule has 3 aromatic carbocycles. The summed E-state index contributed by atoms with van der Waals surface area (Å²) in [6.45, 7) is 10.5. The molecular formula is C33H40N2O3. The SMILES string of the molecule is CC(=O)c1cccc(OC(CCN2CCC(c3ccc(C)c(NC(=O)C(C)C)c3)CC2)c2ccccc2)c1. The molecule has 1 fully saturated rings. The number of ketones is 1. The van der Waals surface area contributed by atoms with Crippen LogP contribution in [0.25, 0.3) is 0 Å². The fourth-order valence-electron chi connectivity index (χ4n) is 5.01. The predicted octanol–water partition coefficient (Wildman–Crippen LogP) is 7.18. The molecule has 200 valence electrons. The standard InChI is InChI=1S/C33H40N2O3/c1-23(2)33(37)34-31-22-29(14-13-24(31)3)26-15-18-35(19-16-26)20-17-32(27-9-6-5-7-10-27)38-30-12-8-11-28(21-30)25(4)36/h5-14,21-23,26,32H,15-20H2,1-4H3,(H,34,37). The van der Waals surface area contributed by atoms with Gasteiger partial charge in [-0.3, -0.25) is 9.59 Å². The van der Waals surface area contributed by atoms with Gasteiger partial charge < -0.3 is 15.0 Å². The lowest BCUT2D eigenvalue weighted by Crippen LogP contribution is -2.34. The zero-order valence-corrected chi connectivity index (χ0v) is 23.1. The number of Topliss-reactive ketones (excluding diaryl/α,β-unsaturated/α-hetero) is 1. The van der Waals surface area contributed by atoms with Crippen LogP contribution in [-0.4, -0.2) is 36.2 Å². The normalized spacial score (nSPS) is 15.3. The first-order chi connectivity index (χ1) is 18.3. The molecule has 1 N–H and O–H groups in total. The van der Waals surface area contributed by atoms with Crippen LogP contribution in [0.4, 0.5) is 5.69 Å². The molecule has 0 aliphatic carbocycles. The van der Waals surface area contributed by atoms with E-state index < -0.39 is 0 Å². The fourth-order valence-corrected chi connectivity index (χ4v) is 5.01. The summed E-state index contributed by atoms with van der Waals surface area (Å²) >= 11 is 0. The summed E-state index contributed by atoms with van der Waals surface area (Å²) < 4.78 is 6.43. The monoisotopic (exact) mass is 512 g/mol. The van der Waals surface area contributed by atoms with Crippen molar-refractivity contribution in [1.82, 2.24) is 4.90 Å². The number of nitrogens with zero attached hydrogens (tertiary/aromatic N) is 1. The number of carbonyl (C=O) groups excluding carboxylic acids is 2. The van der Waals surface area contributed by atoms with Crippen LogP contribution in [-0.2, 0) is 4.79 Å². The van der Waals surface area contributed by atoms with Gasteiger partial charge in [-0.1, -0.05) is 68.4 Å². The quantitative estimate of drug-likeness (QED) is 0.292. The molecule has 0 radical (unpaired) electrons. The Morgan fingerprint density at radius 2 is 1.71 bits per heavy atom. The molecular weight excluding hydrogens is 472 g/mol. The van der Waals surface area contributed by atoms with Crippen LogP contribution in [0.3, 0.4) is 0 Å². The van der Waals surface area contributed by atoms with E-state index in [1.54, 1.807) is 6.92 Å². The number of anilines is 1. The number of amides is 1. The van der Waals surface area contributed by atoms with Crippen molar-refractivity contribution in [2.45, 2.75) is 59.0 Å². The molecule has 0 saturated carbocycles. The zero-order chi connectivity index (χ0) is 27.1. The predicted molar refractivity (Wildman–Crippen MR) is 154 cm³/mol. The molecule has 3 aromatic rings. The van der Waals surface area contributed by atoms with Gasteiger partial charge in [0, 0.05) is 30.1 Å². The lowest BCUT2D eigenvalue weighted by atomic mass is 9.88. The number of nitrogens with one attached hydrogen (secondary N) is 1. The number of piperidine rings is 1. The molecule has 1 saturated heterocycles. The van der Waals surface area contributed by atoms with Crippen molar-refractivity contribution in [2.75, 3.05) is 25.0 Å². The van der Waals surface area contributed by atoms with Crippen LogP contribution in [0.1, 0.15) is 79.1 Å². The Kier molecular flexibility index (Phi) is 9.35.